The van der Waals surface area contributed by atoms with Crippen LogP contribution in [0.2, 0.25) is 0 Å². The topological polar surface area (TPSA) is 38.7 Å². The Hall–Kier alpha value is -1.77. The maximum Gasteiger partial charge on any atom is 0.0963 e. The van der Waals surface area contributed by atoms with Crippen LogP contribution in [-0.4, -0.2) is 15.4 Å². The van der Waals surface area contributed by atoms with Crippen molar-refractivity contribution in [2.75, 3.05) is 0 Å². The van der Waals surface area contributed by atoms with Crippen LogP contribution in [0.5, 0.6) is 0 Å². The van der Waals surface area contributed by atoms with Crippen LogP contribution in [0.25, 0.3) is 11.3 Å². The molecule has 1 aromatic heterocycles. The van der Waals surface area contributed by atoms with Crippen molar-refractivity contribution < 1.29 is 0 Å². The highest BCUT2D eigenvalue weighted by molar-refractivity contribution is 5.57. The van der Waals surface area contributed by atoms with E-state index in [0.717, 1.165) is 11.3 Å². The van der Waals surface area contributed by atoms with E-state index in [9.17, 15) is 0 Å². The van der Waals surface area contributed by atoms with Gasteiger partial charge in [-0.05, 0) is 11.3 Å². The van der Waals surface area contributed by atoms with Crippen LogP contribution in [0, 0.1) is 0 Å². The first-order chi connectivity index (χ1) is 5.97. The summed E-state index contributed by atoms with van der Waals surface area (Å²) < 4.78 is 0. The van der Waals surface area contributed by atoms with Crippen LogP contribution in [-0.2, 0) is 0 Å². The van der Waals surface area contributed by atoms with E-state index in [2.05, 4.69) is 15.4 Å². The lowest BCUT2D eigenvalue weighted by Gasteiger charge is -1.95. The van der Waals surface area contributed by atoms with Gasteiger partial charge in [0.1, 0.15) is 0 Å². The Morgan fingerprint density at radius 3 is 2.42 bits per heavy atom. The summed E-state index contributed by atoms with van der Waals surface area (Å²) in [4.78, 5) is 0. The first-order valence-corrected chi connectivity index (χ1v) is 3.66. The second-order valence-corrected chi connectivity index (χ2v) is 2.37. The van der Waals surface area contributed by atoms with Gasteiger partial charge in [-0.15, -0.1) is 10.2 Å². The third kappa shape index (κ3) is 1.29. The second-order valence-electron chi connectivity index (χ2n) is 2.37. The molecule has 0 aliphatic carbocycles. The van der Waals surface area contributed by atoms with Crippen molar-refractivity contribution >= 4 is 0 Å². The Morgan fingerprint density at radius 1 is 0.917 bits per heavy atom. The number of rotatable bonds is 1. The third-order valence-corrected chi connectivity index (χ3v) is 1.57. The van der Waals surface area contributed by atoms with E-state index < -0.39 is 0 Å². The molecular formula is C9H7N3. The molecule has 1 heterocycles. The van der Waals surface area contributed by atoms with Crippen molar-refractivity contribution in [1.29, 1.82) is 0 Å². The van der Waals surface area contributed by atoms with Gasteiger partial charge in [-0.2, -0.15) is 0 Å². The summed E-state index contributed by atoms with van der Waals surface area (Å²) in [6.45, 7) is 0. The molecule has 0 unspecified atom stereocenters. The maximum atomic E-state index is 3.89. The third-order valence-electron chi connectivity index (χ3n) is 1.57. The number of nitrogens with zero attached hydrogens (tertiary/aromatic N) is 3. The summed E-state index contributed by atoms with van der Waals surface area (Å²) in [6.07, 6.45) is 1.63. The summed E-state index contributed by atoms with van der Waals surface area (Å²) in [5.74, 6) is 0. The first kappa shape index (κ1) is 6.91. The molecular weight excluding hydrogens is 150 g/mol. The molecule has 0 aliphatic rings. The fourth-order valence-electron chi connectivity index (χ4n) is 1.00. The zero-order valence-corrected chi connectivity index (χ0v) is 6.38. The van der Waals surface area contributed by atoms with E-state index in [0.29, 0.717) is 0 Å². The summed E-state index contributed by atoms with van der Waals surface area (Å²) >= 11 is 0. The lowest BCUT2D eigenvalue weighted by molar-refractivity contribution is 0.870. The standard InChI is InChI=1S/C9H7N3/c1-2-4-8(5-3-1)9-6-7-10-12-11-9/h1-7H. The van der Waals surface area contributed by atoms with Gasteiger partial charge in [0.25, 0.3) is 0 Å². The summed E-state index contributed by atoms with van der Waals surface area (Å²) in [5, 5.41) is 11.1. The quantitative estimate of drug-likeness (QED) is 0.630. The zero-order valence-electron chi connectivity index (χ0n) is 6.38. The zero-order chi connectivity index (χ0) is 8.23. The van der Waals surface area contributed by atoms with Gasteiger partial charge in [0, 0.05) is 5.56 Å². The smallest absolute Gasteiger partial charge is 0.0963 e. The Kier molecular flexibility index (Phi) is 1.78. The molecule has 2 rings (SSSR count). The largest absolute Gasteiger partial charge is 0.139 e. The molecule has 3 nitrogen and oxygen atoms in total. The predicted octanol–water partition coefficient (Wildman–Crippen LogP) is 1.54. The van der Waals surface area contributed by atoms with Crippen LogP contribution in [0.1, 0.15) is 0 Å². The van der Waals surface area contributed by atoms with Gasteiger partial charge in [-0.1, -0.05) is 30.3 Å². The second kappa shape index (κ2) is 3.09. The average Bonchev–Trinajstić information content (AvgIpc) is 2.21. The van der Waals surface area contributed by atoms with Gasteiger partial charge in [0.05, 0.1) is 11.9 Å². The molecule has 0 saturated carbocycles. The highest BCUT2D eigenvalue weighted by Gasteiger charge is 1.95. The molecule has 0 aliphatic heterocycles. The average molecular weight is 157 g/mol. The molecule has 3 heteroatoms. The molecule has 58 valence electrons. The van der Waals surface area contributed by atoms with E-state index >= 15 is 0 Å². The number of aromatic nitrogens is 3. The Bertz CT molecular complexity index is 307. The summed E-state index contributed by atoms with van der Waals surface area (Å²) in [6, 6.07) is 11.7. The molecule has 0 radical (unpaired) electrons. The molecule has 0 saturated heterocycles. The molecule has 0 N–H and O–H groups in total. The van der Waals surface area contributed by atoms with Gasteiger partial charge in [-0.3, -0.25) is 0 Å². The molecule has 0 spiro atoms. The van der Waals surface area contributed by atoms with Crippen LogP contribution >= 0.6 is 0 Å². The van der Waals surface area contributed by atoms with Crippen LogP contribution in [0.15, 0.2) is 42.6 Å². The minimum atomic E-state index is 0.852. The molecule has 1 aromatic carbocycles. The molecule has 2 aromatic rings. The number of hydrogen-bond donors (Lipinski definition) is 0. The lowest BCUT2D eigenvalue weighted by Crippen LogP contribution is -1.88. The van der Waals surface area contributed by atoms with Crippen molar-refractivity contribution in [3.63, 3.8) is 0 Å². The van der Waals surface area contributed by atoms with E-state index in [-0.39, 0.29) is 0 Å². The highest BCUT2D eigenvalue weighted by atomic mass is 15.3. The molecule has 0 bridgehead atoms. The molecule has 0 atom stereocenters. The van der Waals surface area contributed by atoms with E-state index in [1.54, 1.807) is 6.20 Å². The lowest BCUT2D eigenvalue weighted by atomic mass is 10.2. The van der Waals surface area contributed by atoms with Crippen LogP contribution in [0.3, 0.4) is 0 Å². The summed E-state index contributed by atoms with van der Waals surface area (Å²) in [7, 11) is 0. The predicted molar refractivity (Wildman–Crippen MR) is 45.3 cm³/mol. The van der Waals surface area contributed by atoms with Crippen LogP contribution in [0.4, 0.5) is 0 Å². The molecule has 0 amide bonds. The van der Waals surface area contributed by atoms with Crippen molar-refractivity contribution in [2.45, 2.75) is 0 Å². The fourth-order valence-corrected chi connectivity index (χ4v) is 1.00. The first-order valence-electron chi connectivity index (χ1n) is 3.66. The van der Waals surface area contributed by atoms with Gasteiger partial charge < -0.3 is 0 Å². The van der Waals surface area contributed by atoms with E-state index in [1.165, 1.54) is 0 Å². The number of benzene rings is 1. The maximum absolute atomic E-state index is 3.89. The normalized spacial score (nSPS) is 9.67. The summed E-state index contributed by atoms with van der Waals surface area (Å²) in [5.41, 5.74) is 1.91. The SMILES string of the molecule is c1ccc(-c2ccnnn2)cc1. The highest BCUT2D eigenvalue weighted by Crippen LogP contribution is 2.12. The van der Waals surface area contributed by atoms with Gasteiger partial charge in [-0.25, -0.2) is 0 Å². The van der Waals surface area contributed by atoms with E-state index in [4.69, 9.17) is 0 Å². The van der Waals surface area contributed by atoms with Crippen molar-refractivity contribution in [3.05, 3.63) is 42.6 Å². The van der Waals surface area contributed by atoms with Crippen molar-refractivity contribution in [3.8, 4) is 11.3 Å². The van der Waals surface area contributed by atoms with Crippen LogP contribution < -0.4 is 0 Å². The van der Waals surface area contributed by atoms with Gasteiger partial charge in [0.2, 0.25) is 0 Å². The monoisotopic (exact) mass is 157 g/mol. The molecule has 0 fully saturated rings. The van der Waals surface area contributed by atoms with Crippen molar-refractivity contribution in [1.82, 2.24) is 15.4 Å². The number of hydrogen-bond acceptors (Lipinski definition) is 3. The van der Waals surface area contributed by atoms with Gasteiger partial charge in [0.15, 0.2) is 0 Å². The molecule has 12 heavy (non-hydrogen) atoms. The fraction of sp³-hybridized carbons (Fsp3) is 0. The Balaban J connectivity index is 2.46. The Morgan fingerprint density at radius 2 is 1.75 bits per heavy atom. The Labute approximate surface area is 70.1 Å². The minimum Gasteiger partial charge on any atom is -0.139 e. The minimum absolute atomic E-state index is 0.852. The van der Waals surface area contributed by atoms with Crippen molar-refractivity contribution in [2.24, 2.45) is 0 Å². The van der Waals surface area contributed by atoms with Gasteiger partial charge >= 0.3 is 0 Å². The van der Waals surface area contributed by atoms with E-state index in [1.807, 2.05) is 36.4 Å².